The van der Waals surface area contributed by atoms with Crippen LogP contribution < -0.4 is 15.8 Å². The number of nitrogen functional groups attached to an aromatic ring is 1. The van der Waals surface area contributed by atoms with Gasteiger partial charge in [0.15, 0.2) is 0 Å². The summed E-state index contributed by atoms with van der Waals surface area (Å²) < 4.78 is 10.2. The average Bonchev–Trinajstić information content (AvgIpc) is 2.59. The van der Waals surface area contributed by atoms with E-state index < -0.39 is 6.09 Å². The van der Waals surface area contributed by atoms with Gasteiger partial charge in [-0.3, -0.25) is 0 Å². The highest BCUT2D eigenvalue weighted by Gasteiger charge is 2.05. The van der Waals surface area contributed by atoms with Crippen molar-refractivity contribution in [2.24, 2.45) is 0 Å². The Morgan fingerprint density at radius 2 is 2.04 bits per heavy atom. The van der Waals surface area contributed by atoms with Crippen LogP contribution in [0.3, 0.4) is 0 Å². The van der Waals surface area contributed by atoms with Crippen LogP contribution in [-0.4, -0.2) is 19.7 Å². The first-order chi connectivity index (χ1) is 11.6. The standard InChI is InChI=1S/C18H17ClN2O3/c1-23-17-10-14(15(19)11-16(17)20)8-5-9-21-18(22)24-12-13-6-3-2-4-7-13/h2-4,6-7,10-11H,9,12,20H2,1H3,(H,21,22). The van der Waals surface area contributed by atoms with E-state index in [2.05, 4.69) is 17.2 Å². The Balaban J connectivity index is 1.84. The van der Waals surface area contributed by atoms with E-state index in [1.54, 1.807) is 12.1 Å². The van der Waals surface area contributed by atoms with Crippen molar-refractivity contribution in [3.8, 4) is 17.6 Å². The van der Waals surface area contributed by atoms with Crippen LogP contribution in [0.25, 0.3) is 0 Å². The molecule has 2 aromatic rings. The van der Waals surface area contributed by atoms with Gasteiger partial charge in [0, 0.05) is 5.56 Å². The molecule has 2 rings (SSSR count). The summed E-state index contributed by atoms with van der Waals surface area (Å²) in [6.45, 7) is 0.345. The molecule has 0 radical (unpaired) electrons. The third-order valence-corrected chi connectivity index (χ3v) is 3.39. The number of alkyl carbamates (subject to hydrolysis) is 1. The lowest BCUT2D eigenvalue weighted by Crippen LogP contribution is -2.24. The summed E-state index contributed by atoms with van der Waals surface area (Å²) in [4.78, 5) is 11.6. The summed E-state index contributed by atoms with van der Waals surface area (Å²) >= 11 is 6.07. The van der Waals surface area contributed by atoms with E-state index in [-0.39, 0.29) is 13.2 Å². The Kier molecular flexibility index (Phi) is 6.35. The quantitative estimate of drug-likeness (QED) is 0.659. The predicted molar refractivity (Wildman–Crippen MR) is 93.9 cm³/mol. The first-order valence-electron chi connectivity index (χ1n) is 7.16. The van der Waals surface area contributed by atoms with Gasteiger partial charge in [-0.05, 0) is 17.7 Å². The van der Waals surface area contributed by atoms with Crippen molar-refractivity contribution >= 4 is 23.4 Å². The Labute approximate surface area is 145 Å². The smallest absolute Gasteiger partial charge is 0.408 e. The van der Waals surface area contributed by atoms with E-state index in [4.69, 9.17) is 26.8 Å². The number of carbonyl (C=O) groups is 1. The molecule has 0 heterocycles. The highest BCUT2D eigenvalue weighted by atomic mass is 35.5. The molecule has 0 aliphatic heterocycles. The molecule has 0 aliphatic rings. The Morgan fingerprint density at radius 3 is 2.75 bits per heavy atom. The molecule has 1 amide bonds. The topological polar surface area (TPSA) is 73.6 Å². The molecular weight excluding hydrogens is 328 g/mol. The van der Waals surface area contributed by atoms with Gasteiger partial charge in [0.25, 0.3) is 0 Å². The van der Waals surface area contributed by atoms with E-state index in [0.717, 1.165) is 5.56 Å². The minimum absolute atomic E-state index is 0.136. The zero-order valence-electron chi connectivity index (χ0n) is 13.1. The maximum atomic E-state index is 11.6. The number of hydrogen-bond donors (Lipinski definition) is 2. The van der Waals surface area contributed by atoms with Gasteiger partial charge < -0.3 is 20.5 Å². The van der Waals surface area contributed by atoms with Crippen LogP contribution in [0.15, 0.2) is 42.5 Å². The molecule has 124 valence electrons. The Hall–Kier alpha value is -2.84. The number of methoxy groups -OCH3 is 1. The summed E-state index contributed by atoms with van der Waals surface area (Å²) in [6.07, 6.45) is -0.533. The fourth-order valence-corrected chi connectivity index (χ4v) is 2.09. The number of halogens is 1. The number of rotatable bonds is 4. The van der Waals surface area contributed by atoms with Gasteiger partial charge >= 0.3 is 6.09 Å². The molecule has 0 spiro atoms. The first kappa shape index (κ1) is 17.5. The minimum atomic E-state index is -0.533. The zero-order chi connectivity index (χ0) is 17.4. The van der Waals surface area contributed by atoms with Gasteiger partial charge in [0.2, 0.25) is 0 Å². The second-order valence-corrected chi connectivity index (χ2v) is 5.20. The van der Waals surface area contributed by atoms with Crippen LogP contribution in [0.5, 0.6) is 5.75 Å². The summed E-state index contributed by atoms with van der Waals surface area (Å²) in [6, 6.07) is 12.6. The molecule has 0 saturated heterocycles. The minimum Gasteiger partial charge on any atom is -0.495 e. The van der Waals surface area contributed by atoms with Crippen molar-refractivity contribution in [2.45, 2.75) is 6.61 Å². The van der Waals surface area contributed by atoms with Crippen LogP contribution in [0.1, 0.15) is 11.1 Å². The Morgan fingerprint density at radius 1 is 1.29 bits per heavy atom. The van der Waals surface area contributed by atoms with Gasteiger partial charge in [-0.2, -0.15) is 0 Å². The maximum absolute atomic E-state index is 11.6. The number of amides is 1. The van der Waals surface area contributed by atoms with E-state index in [1.165, 1.54) is 7.11 Å². The van der Waals surface area contributed by atoms with Crippen molar-refractivity contribution < 1.29 is 14.3 Å². The lowest BCUT2D eigenvalue weighted by atomic mass is 10.2. The molecule has 0 unspecified atom stereocenters. The van der Waals surface area contributed by atoms with Gasteiger partial charge in [-0.15, -0.1) is 0 Å². The molecule has 24 heavy (non-hydrogen) atoms. The largest absolute Gasteiger partial charge is 0.495 e. The second-order valence-electron chi connectivity index (χ2n) is 4.79. The third kappa shape index (κ3) is 5.11. The van der Waals surface area contributed by atoms with Gasteiger partial charge in [0.05, 0.1) is 24.4 Å². The predicted octanol–water partition coefficient (Wildman–Crippen LogP) is 3.21. The number of hydrogen-bond acceptors (Lipinski definition) is 4. The van der Waals surface area contributed by atoms with Gasteiger partial charge in [0.1, 0.15) is 12.4 Å². The average molecular weight is 345 g/mol. The van der Waals surface area contributed by atoms with E-state index in [1.807, 2.05) is 30.3 Å². The highest BCUT2D eigenvalue weighted by Crippen LogP contribution is 2.28. The van der Waals surface area contributed by atoms with Crippen LogP contribution in [0.2, 0.25) is 5.02 Å². The maximum Gasteiger partial charge on any atom is 0.408 e. The molecule has 0 aliphatic carbocycles. The van der Waals surface area contributed by atoms with Crippen molar-refractivity contribution in [1.29, 1.82) is 0 Å². The van der Waals surface area contributed by atoms with E-state index in [0.29, 0.717) is 22.0 Å². The fraction of sp³-hybridized carbons (Fsp3) is 0.167. The number of nitrogens with two attached hydrogens (primary N) is 1. The molecule has 0 aromatic heterocycles. The molecule has 5 nitrogen and oxygen atoms in total. The highest BCUT2D eigenvalue weighted by molar-refractivity contribution is 6.32. The first-order valence-corrected chi connectivity index (χ1v) is 7.54. The molecule has 3 N–H and O–H groups in total. The van der Waals surface area contributed by atoms with Gasteiger partial charge in [-0.1, -0.05) is 53.8 Å². The van der Waals surface area contributed by atoms with Crippen molar-refractivity contribution in [2.75, 3.05) is 19.4 Å². The van der Waals surface area contributed by atoms with Crippen LogP contribution in [-0.2, 0) is 11.3 Å². The van der Waals surface area contributed by atoms with E-state index >= 15 is 0 Å². The summed E-state index contributed by atoms with van der Waals surface area (Å²) in [5.74, 6) is 6.15. The number of nitrogens with one attached hydrogen (secondary N) is 1. The molecule has 0 atom stereocenters. The molecule has 2 aromatic carbocycles. The Bertz CT molecular complexity index is 767. The number of anilines is 1. The third-order valence-electron chi connectivity index (χ3n) is 3.08. The normalized spacial score (nSPS) is 9.58. The van der Waals surface area contributed by atoms with Crippen molar-refractivity contribution in [3.05, 3.63) is 58.6 Å². The molecule has 0 fully saturated rings. The van der Waals surface area contributed by atoms with E-state index in [9.17, 15) is 4.79 Å². The SMILES string of the molecule is COc1cc(C#CCNC(=O)OCc2ccccc2)c(Cl)cc1N. The van der Waals surface area contributed by atoms with Crippen LogP contribution in [0, 0.1) is 11.8 Å². The lowest BCUT2D eigenvalue weighted by Gasteiger charge is -2.06. The summed E-state index contributed by atoms with van der Waals surface area (Å²) in [5.41, 5.74) is 7.67. The second kappa shape index (κ2) is 8.70. The van der Waals surface area contributed by atoms with Crippen LogP contribution in [0.4, 0.5) is 10.5 Å². The molecule has 0 saturated carbocycles. The number of benzene rings is 2. The molecule has 0 bridgehead atoms. The summed E-state index contributed by atoms with van der Waals surface area (Å²) in [7, 11) is 1.51. The number of ether oxygens (including phenoxy) is 2. The lowest BCUT2D eigenvalue weighted by molar-refractivity contribution is 0.141. The summed E-state index contributed by atoms with van der Waals surface area (Å²) in [5, 5.41) is 2.97. The zero-order valence-corrected chi connectivity index (χ0v) is 13.9. The number of carbonyl (C=O) groups excluding carboxylic acids is 1. The molecule has 6 heteroatoms. The molecular formula is C18H17ClN2O3. The van der Waals surface area contributed by atoms with Gasteiger partial charge in [-0.25, -0.2) is 4.79 Å². The van der Waals surface area contributed by atoms with Crippen molar-refractivity contribution in [1.82, 2.24) is 5.32 Å². The van der Waals surface area contributed by atoms with Crippen LogP contribution >= 0.6 is 11.6 Å². The fourth-order valence-electron chi connectivity index (χ4n) is 1.87. The van der Waals surface area contributed by atoms with Crippen molar-refractivity contribution in [3.63, 3.8) is 0 Å². The monoisotopic (exact) mass is 344 g/mol.